The molecule has 0 aliphatic heterocycles. The van der Waals surface area contributed by atoms with Crippen LogP contribution in [0.15, 0.2) is 27.2 Å². The number of hydrogen-bond acceptors (Lipinski definition) is 9. The number of nitrogens with zero attached hydrogens (tertiary/aromatic N) is 4. The van der Waals surface area contributed by atoms with E-state index in [0.29, 0.717) is 29.0 Å². The van der Waals surface area contributed by atoms with Crippen LogP contribution in [-0.4, -0.2) is 34.0 Å². The molecule has 0 aliphatic carbocycles. The van der Waals surface area contributed by atoms with Crippen molar-refractivity contribution in [3.8, 4) is 22.9 Å². The van der Waals surface area contributed by atoms with Gasteiger partial charge in [0.2, 0.25) is 17.6 Å². The van der Waals surface area contributed by atoms with Gasteiger partial charge in [0.1, 0.15) is 0 Å². The van der Waals surface area contributed by atoms with Gasteiger partial charge in [0.15, 0.2) is 17.3 Å². The molecule has 0 fully saturated rings. The Morgan fingerprint density at radius 2 is 1.90 bits per heavy atom. The molecule has 0 unspecified atom stereocenters. The van der Waals surface area contributed by atoms with Crippen LogP contribution in [-0.2, 0) is 6.54 Å². The van der Waals surface area contributed by atoms with Crippen molar-refractivity contribution >= 4 is 0 Å². The van der Waals surface area contributed by atoms with E-state index < -0.39 is 6.61 Å². The quantitative estimate of drug-likeness (QED) is 0.568. The van der Waals surface area contributed by atoms with Gasteiger partial charge in [-0.05, 0) is 31.0 Å². The summed E-state index contributed by atoms with van der Waals surface area (Å²) in [7, 11) is 1.36. The Morgan fingerprint density at radius 3 is 2.52 bits per heavy atom. The van der Waals surface area contributed by atoms with Gasteiger partial charge < -0.3 is 18.5 Å². The maximum absolute atomic E-state index is 12.5. The molecule has 3 rings (SSSR count). The maximum Gasteiger partial charge on any atom is 0.387 e. The average molecular weight is 409 g/mol. The second kappa shape index (κ2) is 8.95. The van der Waals surface area contributed by atoms with Gasteiger partial charge in [0, 0.05) is 5.56 Å². The molecular formula is C18H21F2N5O4. The van der Waals surface area contributed by atoms with Crippen molar-refractivity contribution in [1.82, 2.24) is 25.6 Å². The van der Waals surface area contributed by atoms with Crippen molar-refractivity contribution in [2.75, 3.05) is 7.11 Å². The lowest BCUT2D eigenvalue weighted by molar-refractivity contribution is -0.0512. The Morgan fingerprint density at radius 1 is 1.10 bits per heavy atom. The molecule has 0 saturated heterocycles. The molecule has 0 aliphatic rings. The van der Waals surface area contributed by atoms with Crippen LogP contribution in [0.25, 0.3) is 11.4 Å². The molecule has 0 bridgehead atoms. The zero-order chi connectivity index (χ0) is 21.0. The Kier molecular flexibility index (Phi) is 6.37. The summed E-state index contributed by atoms with van der Waals surface area (Å²) in [6.07, 6.45) is 0. The van der Waals surface area contributed by atoms with Crippen LogP contribution in [0.4, 0.5) is 8.78 Å². The largest absolute Gasteiger partial charge is 0.493 e. The third-order valence-electron chi connectivity index (χ3n) is 4.06. The van der Waals surface area contributed by atoms with Crippen LogP contribution >= 0.6 is 0 Å². The van der Waals surface area contributed by atoms with Crippen molar-refractivity contribution in [2.45, 2.75) is 40.0 Å². The number of ether oxygens (including phenoxy) is 2. The first-order valence-electron chi connectivity index (χ1n) is 8.86. The van der Waals surface area contributed by atoms with Gasteiger partial charge in [-0.15, -0.1) is 0 Å². The van der Waals surface area contributed by atoms with Crippen molar-refractivity contribution in [2.24, 2.45) is 5.92 Å². The lowest BCUT2D eigenvalue weighted by atomic mass is 10.0. The number of nitrogens with one attached hydrogen (secondary N) is 1. The SMILES string of the molecule is COc1cc(-c2noc(CN[C@@H](c3nc(C)no3)C(C)C)n2)ccc1OC(F)F. The van der Waals surface area contributed by atoms with Gasteiger partial charge in [-0.1, -0.05) is 24.2 Å². The molecule has 0 spiro atoms. The van der Waals surface area contributed by atoms with Crippen LogP contribution in [0.5, 0.6) is 11.5 Å². The summed E-state index contributed by atoms with van der Waals surface area (Å²) in [4.78, 5) is 8.58. The smallest absolute Gasteiger partial charge is 0.387 e. The lowest BCUT2D eigenvalue weighted by Crippen LogP contribution is -2.25. The number of alkyl halides is 2. The minimum atomic E-state index is -2.95. The minimum Gasteiger partial charge on any atom is -0.493 e. The highest BCUT2D eigenvalue weighted by Crippen LogP contribution is 2.32. The highest BCUT2D eigenvalue weighted by molar-refractivity contribution is 5.60. The number of hydrogen-bond donors (Lipinski definition) is 1. The molecule has 156 valence electrons. The number of rotatable bonds is 9. The van der Waals surface area contributed by atoms with Crippen molar-refractivity contribution in [1.29, 1.82) is 0 Å². The van der Waals surface area contributed by atoms with Crippen molar-refractivity contribution in [3.63, 3.8) is 0 Å². The Balaban J connectivity index is 1.72. The van der Waals surface area contributed by atoms with Crippen LogP contribution in [0.3, 0.4) is 0 Å². The molecule has 0 radical (unpaired) electrons. The highest BCUT2D eigenvalue weighted by Gasteiger charge is 2.23. The number of benzene rings is 1. The molecule has 1 aromatic carbocycles. The monoisotopic (exact) mass is 409 g/mol. The zero-order valence-electron chi connectivity index (χ0n) is 16.3. The topological polar surface area (TPSA) is 108 Å². The average Bonchev–Trinajstić information content (AvgIpc) is 3.31. The van der Waals surface area contributed by atoms with E-state index in [1.165, 1.54) is 19.2 Å². The third kappa shape index (κ3) is 5.05. The Hall–Kier alpha value is -3.08. The highest BCUT2D eigenvalue weighted by atomic mass is 19.3. The molecule has 1 atom stereocenters. The van der Waals surface area contributed by atoms with Crippen LogP contribution in [0.2, 0.25) is 0 Å². The number of aryl methyl sites for hydroxylation is 1. The molecule has 2 heterocycles. The second-order valence-electron chi connectivity index (χ2n) is 6.54. The normalized spacial score (nSPS) is 12.6. The standard InChI is InChI=1S/C18H21F2N5O4/c1-9(2)15(17-22-10(3)24-29-17)21-8-14-23-16(25-28-14)11-5-6-12(27-18(19)20)13(7-11)26-4/h5-7,9,15,18,21H,8H2,1-4H3/t15-/m1/s1. The molecule has 1 N–H and O–H groups in total. The van der Waals surface area contributed by atoms with Gasteiger partial charge in [-0.25, -0.2) is 0 Å². The van der Waals surface area contributed by atoms with Gasteiger partial charge in [0.05, 0.1) is 19.7 Å². The van der Waals surface area contributed by atoms with Gasteiger partial charge in [-0.3, -0.25) is 5.32 Å². The number of aromatic nitrogens is 4. The van der Waals surface area contributed by atoms with E-state index in [9.17, 15) is 8.78 Å². The summed E-state index contributed by atoms with van der Waals surface area (Å²) in [5.74, 6) is 1.92. The summed E-state index contributed by atoms with van der Waals surface area (Å²) < 4.78 is 44.9. The Bertz CT molecular complexity index is 944. The van der Waals surface area contributed by atoms with Gasteiger partial charge >= 0.3 is 6.61 Å². The van der Waals surface area contributed by atoms with E-state index in [0.717, 1.165) is 0 Å². The molecule has 11 heteroatoms. The zero-order valence-corrected chi connectivity index (χ0v) is 16.3. The van der Waals surface area contributed by atoms with Gasteiger partial charge in [-0.2, -0.15) is 18.7 Å². The van der Waals surface area contributed by atoms with E-state index in [1.807, 2.05) is 13.8 Å². The first-order valence-corrected chi connectivity index (χ1v) is 8.86. The van der Waals surface area contributed by atoms with E-state index in [2.05, 4.69) is 30.3 Å². The van der Waals surface area contributed by atoms with Crippen LogP contribution < -0.4 is 14.8 Å². The van der Waals surface area contributed by atoms with Gasteiger partial charge in [0.25, 0.3) is 0 Å². The fourth-order valence-corrected chi connectivity index (χ4v) is 2.69. The summed E-state index contributed by atoms with van der Waals surface area (Å²) in [6.45, 7) is 3.12. The molecule has 0 saturated carbocycles. The van der Waals surface area contributed by atoms with E-state index in [4.69, 9.17) is 13.8 Å². The summed E-state index contributed by atoms with van der Waals surface area (Å²) >= 11 is 0. The van der Waals surface area contributed by atoms with E-state index in [-0.39, 0.29) is 30.0 Å². The number of halogens is 2. The summed E-state index contributed by atoms with van der Waals surface area (Å²) in [5, 5.41) is 11.0. The minimum absolute atomic E-state index is 0.0775. The predicted molar refractivity (Wildman–Crippen MR) is 96.4 cm³/mol. The number of methoxy groups -OCH3 is 1. The fourth-order valence-electron chi connectivity index (χ4n) is 2.69. The molecular weight excluding hydrogens is 388 g/mol. The van der Waals surface area contributed by atoms with Crippen molar-refractivity contribution < 1.29 is 27.3 Å². The first kappa shape index (κ1) is 20.6. The van der Waals surface area contributed by atoms with Crippen molar-refractivity contribution in [3.05, 3.63) is 35.8 Å². The summed E-state index contributed by atoms with van der Waals surface area (Å²) in [6, 6.07) is 4.22. The first-order chi connectivity index (χ1) is 13.9. The lowest BCUT2D eigenvalue weighted by Gasteiger charge is -2.17. The molecule has 3 aromatic rings. The summed E-state index contributed by atoms with van der Waals surface area (Å²) in [5.41, 5.74) is 0.534. The Labute approximate surface area is 165 Å². The van der Waals surface area contributed by atoms with Crippen LogP contribution in [0, 0.1) is 12.8 Å². The molecule has 9 nitrogen and oxygen atoms in total. The van der Waals surface area contributed by atoms with E-state index in [1.54, 1.807) is 13.0 Å². The fraction of sp³-hybridized carbons (Fsp3) is 0.444. The predicted octanol–water partition coefficient (Wildman–Crippen LogP) is 3.52. The third-order valence-corrected chi connectivity index (χ3v) is 4.06. The second-order valence-corrected chi connectivity index (χ2v) is 6.54. The van der Waals surface area contributed by atoms with Crippen LogP contribution in [0.1, 0.15) is 37.5 Å². The maximum atomic E-state index is 12.5. The molecule has 0 amide bonds. The molecule has 29 heavy (non-hydrogen) atoms. The molecule has 2 aromatic heterocycles. The van der Waals surface area contributed by atoms with E-state index >= 15 is 0 Å².